The molecule has 2 aromatic rings. The first kappa shape index (κ1) is 13.1. The van der Waals surface area contributed by atoms with Gasteiger partial charge in [0.25, 0.3) is 11.8 Å². The standard InChI is InChI=1S/C10H11ClN6O2/c1-12-9(18)8-6(4-17(2)16-8)14-10(19)7-5(11)3-13-15-7/h3-4H,1-2H3,(H,12,18)(H,13,15)(H,14,19). The maximum atomic E-state index is 11.9. The lowest BCUT2D eigenvalue weighted by Crippen LogP contribution is -2.21. The highest BCUT2D eigenvalue weighted by atomic mass is 35.5. The molecule has 0 aromatic carbocycles. The number of H-pyrrole nitrogens is 1. The summed E-state index contributed by atoms with van der Waals surface area (Å²) < 4.78 is 1.43. The smallest absolute Gasteiger partial charge is 0.275 e. The van der Waals surface area contributed by atoms with Gasteiger partial charge in [-0.1, -0.05) is 11.6 Å². The van der Waals surface area contributed by atoms with E-state index in [2.05, 4.69) is 25.9 Å². The van der Waals surface area contributed by atoms with Gasteiger partial charge in [-0.2, -0.15) is 10.2 Å². The van der Waals surface area contributed by atoms with Crippen LogP contribution in [0.4, 0.5) is 5.69 Å². The highest BCUT2D eigenvalue weighted by Crippen LogP contribution is 2.17. The summed E-state index contributed by atoms with van der Waals surface area (Å²) in [5.74, 6) is -0.896. The fourth-order valence-electron chi connectivity index (χ4n) is 1.48. The monoisotopic (exact) mass is 282 g/mol. The number of aromatic amines is 1. The minimum atomic E-state index is -0.499. The third-order valence-electron chi connectivity index (χ3n) is 2.34. The minimum absolute atomic E-state index is 0.119. The molecule has 9 heteroatoms. The van der Waals surface area contributed by atoms with Crippen molar-refractivity contribution in [2.45, 2.75) is 0 Å². The molecular formula is C10H11ClN6O2. The van der Waals surface area contributed by atoms with Crippen LogP contribution in [0.5, 0.6) is 0 Å². The van der Waals surface area contributed by atoms with Crippen molar-refractivity contribution < 1.29 is 9.59 Å². The highest BCUT2D eigenvalue weighted by molar-refractivity contribution is 6.34. The van der Waals surface area contributed by atoms with Gasteiger partial charge in [0.05, 0.1) is 16.9 Å². The molecule has 0 radical (unpaired) electrons. The maximum absolute atomic E-state index is 11.9. The number of hydrogen-bond donors (Lipinski definition) is 3. The number of halogens is 1. The van der Waals surface area contributed by atoms with Crippen LogP contribution in [-0.4, -0.2) is 38.8 Å². The van der Waals surface area contributed by atoms with Crippen molar-refractivity contribution in [1.82, 2.24) is 25.3 Å². The Hall–Kier alpha value is -2.35. The number of rotatable bonds is 3. The van der Waals surface area contributed by atoms with Crippen LogP contribution in [0.25, 0.3) is 0 Å². The second kappa shape index (κ2) is 5.11. The molecule has 100 valence electrons. The van der Waals surface area contributed by atoms with Crippen LogP contribution in [0.15, 0.2) is 12.4 Å². The Kier molecular flexibility index (Phi) is 3.52. The number of amides is 2. The van der Waals surface area contributed by atoms with Gasteiger partial charge >= 0.3 is 0 Å². The molecule has 0 atom stereocenters. The molecule has 2 rings (SSSR count). The molecule has 2 heterocycles. The fraction of sp³-hybridized carbons (Fsp3) is 0.200. The molecule has 0 unspecified atom stereocenters. The molecule has 0 bridgehead atoms. The van der Waals surface area contributed by atoms with Crippen molar-refractivity contribution in [3.05, 3.63) is 28.8 Å². The number of carbonyl (C=O) groups excluding carboxylic acids is 2. The van der Waals surface area contributed by atoms with Gasteiger partial charge in [-0.15, -0.1) is 0 Å². The second-order valence-electron chi connectivity index (χ2n) is 3.69. The van der Waals surface area contributed by atoms with Gasteiger partial charge in [-0.25, -0.2) is 0 Å². The Morgan fingerprint density at radius 2 is 2.16 bits per heavy atom. The fourth-order valence-corrected chi connectivity index (χ4v) is 1.66. The van der Waals surface area contributed by atoms with E-state index >= 15 is 0 Å². The Morgan fingerprint density at radius 1 is 1.42 bits per heavy atom. The zero-order valence-corrected chi connectivity index (χ0v) is 10.9. The van der Waals surface area contributed by atoms with Crippen LogP contribution in [0.1, 0.15) is 21.0 Å². The number of aryl methyl sites for hydroxylation is 1. The number of anilines is 1. The number of carbonyl (C=O) groups is 2. The van der Waals surface area contributed by atoms with Crippen LogP contribution in [0.2, 0.25) is 5.02 Å². The Balaban J connectivity index is 2.27. The molecule has 0 aliphatic carbocycles. The topological polar surface area (TPSA) is 105 Å². The van der Waals surface area contributed by atoms with Gasteiger partial charge in [0, 0.05) is 20.3 Å². The molecule has 8 nitrogen and oxygen atoms in total. The summed E-state index contributed by atoms with van der Waals surface area (Å²) in [5, 5.41) is 15.3. The molecule has 0 aliphatic rings. The highest BCUT2D eigenvalue weighted by Gasteiger charge is 2.19. The first-order valence-electron chi connectivity index (χ1n) is 5.29. The molecule has 2 amide bonds. The van der Waals surface area contributed by atoms with Gasteiger partial charge in [0.2, 0.25) is 0 Å². The summed E-state index contributed by atoms with van der Waals surface area (Å²) in [4.78, 5) is 23.5. The minimum Gasteiger partial charge on any atom is -0.354 e. The van der Waals surface area contributed by atoms with E-state index in [-0.39, 0.29) is 22.1 Å². The van der Waals surface area contributed by atoms with Crippen LogP contribution in [0.3, 0.4) is 0 Å². The first-order chi connectivity index (χ1) is 9.02. The predicted molar refractivity (Wildman–Crippen MR) is 68.1 cm³/mol. The van der Waals surface area contributed by atoms with E-state index in [1.54, 1.807) is 7.05 Å². The lowest BCUT2D eigenvalue weighted by atomic mass is 10.3. The second-order valence-corrected chi connectivity index (χ2v) is 4.10. The van der Waals surface area contributed by atoms with E-state index in [4.69, 9.17) is 11.6 Å². The molecule has 0 aliphatic heterocycles. The molecule has 19 heavy (non-hydrogen) atoms. The lowest BCUT2D eigenvalue weighted by Gasteiger charge is -2.03. The van der Waals surface area contributed by atoms with Crippen molar-refractivity contribution in [1.29, 1.82) is 0 Å². The SMILES string of the molecule is CNC(=O)c1nn(C)cc1NC(=O)c1[nH]ncc1Cl. The van der Waals surface area contributed by atoms with Crippen molar-refractivity contribution in [3.8, 4) is 0 Å². The van der Waals surface area contributed by atoms with E-state index in [9.17, 15) is 9.59 Å². The molecular weight excluding hydrogens is 272 g/mol. The summed E-state index contributed by atoms with van der Waals surface area (Å²) in [6.07, 6.45) is 2.84. The maximum Gasteiger partial charge on any atom is 0.275 e. The van der Waals surface area contributed by atoms with E-state index in [1.807, 2.05) is 0 Å². The number of nitrogens with zero attached hydrogens (tertiary/aromatic N) is 3. The van der Waals surface area contributed by atoms with Gasteiger partial charge in [0.15, 0.2) is 5.69 Å². The lowest BCUT2D eigenvalue weighted by molar-refractivity contribution is 0.0958. The zero-order chi connectivity index (χ0) is 14.0. The number of nitrogens with one attached hydrogen (secondary N) is 3. The van der Waals surface area contributed by atoms with Crippen molar-refractivity contribution in [2.75, 3.05) is 12.4 Å². The predicted octanol–water partition coefficient (Wildman–Crippen LogP) is 0.408. The van der Waals surface area contributed by atoms with Crippen LogP contribution >= 0.6 is 11.6 Å². The van der Waals surface area contributed by atoms with Crippen LogP contribution in [0, 0.1) is 0 Å². The quantitative estimate of drug-likeness (QED) is 0.758. The average Bonchev–Trinajstić information content (AvgIpc) is 2.94. The van der Waals surface area contributed by atoms with Crippen molar-refractivity contribution in [2.24, 2.45) is 7.05 Å². The first-order valence-corrected chi connectivity index (χ1v) is 5.66. The van der Waals surface area contributed by atoms with Gasteiger partial charge in [-0.05, 0) is 0 Å². The summed E-state index contributed by atoms with van der Waals surface area (Å²) in [5.41, 5.74) is 0.528. The Bertz CT molecular complexity index is 632. The van der Waals surface area contributed by atoms with E-state index in [0.29, 0.717) is 0 Å². The van der Waals surface area contributed by atoms with E-state index in [1.165, 1.54) is 24.1 Å². The normalized spacial score (nSPS) is 10.3. The van der Waals surface area contributed by atoms with Gasteiger partial charge < -0.3 is 10.6 Å². The third-order valence-corrected chi connectivity index (χ3v) is 2.63. The van der Waals surface area contributed by atoms with Gasteiger partial charge in [0.1, 0.15) is 5.69 Å². The van der Waals surface area contributed by atoms with Crippen LogP contribution < -0.4 is 10.6 Å². The van der Waals surface area contributed by atoms with E-state index < -0.39 is 11.8 Å². The molecule has 0 fully saturated rings. The molecule has 2 aromatic heterocycles. The zero-order valence-electron chi connectivity index (χ0n) is 10.2. The summed E-state index contributed by atoms with van der Waals surface area (Å²) in [6.45, 7) is 0. The van der Waals surface area contributed by atoms with Crippen molar-refractivity contribution >= 4 is 29.1 Å². The Morgan fingerprint density at radius 3 is 2.74 bits per heavy atom. The average molecular weight is 283 g/mol. The Labute approximate surface area is 113 Å². The summed E-state index contributed by atoms with van der Waals surface area (Å²) >= 11 is 5.78. The summed E-state index contributed by atoms with van der Waals surface area (Å²) in [6, 6.07) is 0. The largest absolute Gasteiger partial charge is 0.354 e. The van der Waals surface area contributed by atoms with E-state index in [0.717, 1.165) is 0 Å². The van der Waals surface area contributed by atoms with Crippen molar-refractivity contribution in [3.63, 3.8) is 0 Å². The number of aromatic nitrogens is 4. The third kappa shape index (κ3) is 2.58. The molecule has 0 saturated carbocycles. The van der Waals surface area contributed by atoms with Gasteiger partial charge in [-0.3, -0.25) is 19.4 Å². The molecule has 0 spiro atoms. The summed E-state index contributed by atoms with van der Waals surface area (Å²) in [7, 11) is 3.12. The number of hydrogen-bond acceptors (Lipinski definition) is 4. The molecule has 3 N–H and O–H groups in total. The van der Waals surface area contributed by atoms with Crippen LogP contribution in [-0.2, 0) is 7.05 Å². The molecule has 0 saturated heterocycles.